The molecule has 1 unspecified atom stereocenters. The van der Waals surface area contributed by atoms with Crippen LogP contribution in [-0.4, -0.2) is 47.1 Å². The summed E-state index contributed by atoms with van der Waals surface area (Å²) in [5.41, 5.74) is 2.99. The highest BCUT2D eigenvalue weighted by atomic mass is 15.2. The maximum absolute atomic E-state index is 2.45. The lowest BCUT2D eigenvalue weighted by molar-refractivity contribution is 0.142. The zero-order chi connectivity index (χ0) is 16.5. The van der Waals surface area contributed by atoms with Crippen LogP contribution in [0.5, 0.6) is 0 Å². The molecule has 0 aliphatic carbocycles. The molecule has 1 heterocycles. The Hall–Kier alpha value is -1.32. The van der Waals surface area contributed by atoms with Gasteiger partial charge >= 0.3 is 0 Å². The van der Waals surface area contributed by atoms with Crippen LogP contribution in [0.2, 0.25) is 0 Å². The molecule has 0 aliphatic heterocycles. The molecule has 0 N–H and O–H groups in total. The molecule has 0 aliphatic rings. The summed E-state index contributed by atoms with van der Waals surface area (Å²) < 4.78 is 2.23. The maximum atomic E-state index is 2.45. The summed E-state index contributed by atoms with van der Waals surface area (Å²) in [7, 11) is 6.56. The second-order valence-corrected chi connectivity index (χ2v) is 7.46. The molecule has 0 saturated carbocycles. The Bertz CT molecular complexity index is 621. The van der Waals surface area contributed by atoms with Crippen LogP contribution in [-0.2, 0) is 7.05 Å². The molecular formula is C19H31N3. The molecule has 122 valence electrons. The van der Waals surface area contributed by atoms with Gasteiger partial charge in [-0.15, -0.1) is 0 Å². The van der Waals surface area contributed by atoms with E-state index in [1.54, 1.807) is 0 Å². The molecule has 0 radical (unpaired) electrons. The second kappa shape index (κ2) is 6.43. The SMILES string of the molecule is CC(c1cccc2ccn(C)c12)N(C)CCN(C)C(C)(C)C. The number of para-hydroxylation sites is 1. The number of likely N-dealkylation sites (N-methyl/N-ethyl adjacent to an activating group) is 2. The van der Waals surface area contributed by atoms with Crippen molar-refractivity contribution in [1.29, 1.82) is 0 Å². The van der Waals surface area contributed by atoms with Crippen molar-refractivity contribution in [3.8, 4) is 0 Å². The lowest BCUT2D eigenvalue weighted by Gasteiger charge is -2.34. The Labute approximate surface area is 135 Å². The van der Waals surface area contributed by atoms with Crippen molar-refractivity contribution >= 4 is 10.9 Å². The third-order valence-corrected chi connectivity index (χ3v) is 4.97. The molecule has 22 heavy (non-hydrogen) atoms. The van der Waals surface area contributed by atoms with Crippen LogP contribution >= 0.6 is 0 Å². The van der Waals surface area contributed by atoms with Crippen LogP contribution < -0.4 is 0 Å². The van der Waals surface area contributed by atoms with Gasteiger partial charge in [-0.3, -0.25) is 4.90 Å². The molecule has 0 spiro atoms. The van der Waals surface area contributed by atoms with Crippen LogP contribution in [0, 0.1) is 0 Å². The molecule has 3 heteroatoms. The van der Waals surface area contributed by atoms with E-state index in [4.69, 9.17) is 0 Å². The summed E-state index contributed by atoms with van der Waals surface area (Å²) in [4.78, 5) is 4.86. The van der Waals surface area contributed by atoms with E-state index in [0.717, 1.165) is 13.1 Å². The predicted molar refractivity (Wildman–Crippen MR) is 96.3 cm³/mol. The van der Waals surface area contributed by atoms with Gasteiger partial charge in [0.05, 0.1) is 5.52 Å². The molecule has 0 saturated heterocycles. The molecular weight excluding hydrogens is 270 g/mol. The zero-order valence-corrected chi connectivity index (χ0v) is 15.2. The number of nitrogens with zero attached hydrogens (tertiary/aromatic N) is 3. The molecule has 0 fully saturated rings. The zero-order valence-electron chi connectivity index (χ0n) is 15.2. The highest BCUT2D eigenvalue weighted by Gasteiger charge is 2.20. The molecule has 1 aromatic heterocycles. The van der Waals surface area contributed by atoms with E-state index in [-0.39, 0.29) is 5.54 Å². The van der Waals surface area contributed by atoms with E-state index >= 15 is 0 Å². The standard InChI is InChI=1S/C19H31N3/c1-15(20(5)13-14-22(7)19(2,3)4)17-10-8-9-16-11-12-21(6)18(16)17/h8-12,15H,13-14H2,1-7H3. The quantitative estimate of drug-likeness (QED) is 0.830. The summed E-state index contributed by atoms with van der Waals surface area (Å²) in [6.07, 6.45) is 2.15. The van der Waals surface area contributed by atoms with Crippen molar-refractivity contribution < 1.29 is 0 Å². The average Bonchev–Trinajstić information content (AvgIpc) is 2.84. The van der Waals surface area contributed by atoms with Crippen molar-refractivity contribution in [2.75, 3.05) is 27.2 Å². The van der Waals surface area contributed by atoms with E-state index in [9.17, 15) is 0 Å². The van der Waals surface area contributed by atoms with Crippen LogP contribution in [0.15, 0.2) is 30.5 Å². The van der Waals surface area contributed by atoms with E-state index in [1.165, 1.54) is 16.5 Å². The Morgan fingerprint density at radius 2 is 1.77 bits per heavy atom. The maximum Gasteiger partial charge on any atom is 0.0526 e. The topological polar surface area (TPSA) is 11.4 Å². The van der Waals surface area contributed by atoms with Gasteiger partial charge in [-0.1, -0.05) is 18.2 Å². The first-order valence-electron chi connectivity index (χ1n) is 8.17. The summed E-state index contributed by atoms with van der Waals surface area (Å²) in [6, 6.07) is 9.23. The van der Waals surface area contributed by atoms with Crippen LogP contribution in [0.1, 0.15) is 39.3 Å². The summed E-state index contributed by atoms with van der Waals surface area (Å²) in [6.45, 7) is 11.2. The van der Waals surface area contributed by atoms with Gasteiger partial charge in [-0.2, -0.15) is 0 Å². The fourth-order valence-electron chi connectivity index (χ4n) is 2.80. The number of aryl methyl sites for hydroxylation is 1. The normalized spacial score (nSPS) is 14.2. The smallest absolute Gasteiger partial charge is 0.0526 e. The minimum absolute atomic E-state index is 0.224. The fraction of sp³-hybridized carbons (Fsp3) is 0.579. The van der Waals surface area contributed by atoms with Gasteiger partial charge in [0.1, 0.15) is 0 Å². The highest BCUT2D eigenvalue weighted by Crippen LogP contribution is 2.27. The Morgan fingerprint density at radius 3 is 2.41 bits per heavy atom. The predicted octanol–water partition coefficient (Wildman–Crippen LogP) is 3.90. The third-order valence-electron chi connectivity index (χ3n) is 4.97. The molecule has 2 rings (SSSR count). The van der Waals surface area contributed by atoms with Crippen molar-refractivity contribution in [3.05, 3.63) is 36.0 Å². The third kappa shape index (κ3) is 3.53. The Kier molecular flexibility index (Phi) is 4.98. The van der Waals surface area contributed by atoms with E-state index < -0.39 is 0 Å². The summed E-state index contributed by atoms with van der Waals surface area (Å²) in [5, 5.41) is 1.33. The van der Waals surface area contributed by atoms with Crippen molar-refractivity contribution in [2.24, 2.45) is 7.05 Å². The van der Waals surface area contributed by atoms with Crippen LogP contribution in [0.4, 0.5) is 0 Å². The van der Waals surface area contributed by atoms with Crippen LogP contribution in [0.3, 0.4) is 0 Å². The number of hydrogen-bond donors (Lipinski definition) is 0. The van der Waals surface area contributed by atoms with Gasteiger partial charge in [0, 0.05) is 37.9 Å². The Morgan fingerprint density at radius 1 is 1.09 bits per heavy atom. The molecule has 1 atom stereocenters. The summed E-state index contributed by atoms with van der Waals surface area (Å²) in [5.74, 6) is 0. The number of rotatable bonds is 5. The lowest BCUT2D eigenvalue weighted by Crippen LogP contribution is -2.42. The molecule has 3 nitrogen and oxygen atoms in total. The van der Waals surface area contributed by atoms with Crippen molar-refractivity contribution in [2.45, 2.75) is 39.3 Å². The number of aromatic nitrogens is 1. The number of benzene rings is 1. The first kappa shape index (κ1) is 17.0. The molecule has 2 aromatic rings. The minimum Gasteiger partial charge on any atom is -0.350 e. The second-order valence-electron chi connectivity index (χ2n) is 7.46. The monoisotopic (exact) mass is 301 g/mol. The molecule has 0 amide bonds. The van der Waals surface area contributed by atoms with Gasteiger partial charge in [0.25, 0.3) is 0 Å². The lowest BCUT2D eigenvalue weighted by atomic mass is 10.0. The van der Waals surface area contributed by atoms with E-state index in [1.807, 2.05) is 0 Å². The van der Waals surface area contributed by atoms with Crippen molar-refractivity contribution in [3.63, 3.8) is 0 Å². The average molecular weight is 301 g/mol. The fourth-order valence-corrected chi connectivity index (χ4v) is 2.80. The number of fused-ring (bicyclic) bond motifs is 1. The Balaban J connectivity index is 2.13. The van der Waals surface area contributed by atoms with Crippen LogP contribution in [0.25, 0.3) is 10.9 Å². The molecule has 1 aromatic carbocycles. The number of hydrogen-bond acceptors (Lipinski definition) is 2. The first-order chi connectivity index (χ1) is 10.2. The minimum atomic E-state index is 0.224. The van der Waals surface area contributed by atoms with Gasteiger partial charge in [-0.25, -0.2) is 0 Å². The molecule has 0 bridgehead atoms. The van der Waals surface area contributed by atoms with Gasteiger partial charge < -0.3 is 9.47 Å². The first-order valence-corrected chi connectivity index (χ1v) is 8.17. The van der Waals surface area contributed by atoms with Crippen molar-refractivity contribution in [1.82, 2.24) is 14.4 Å². The summed E-state index contributed by atoms with van der Waals surface area (Å²) >= 11 is 0. The van der Waals surface area contributed by atoms with Gasteiger partial charge in [0.2, 0.25) is 0 Å². The largest absolute Gasteiger partial charge is 0.350 e. The van der Waals surface area contributed by atoms with E-state index in [2.05, 4.69) is 93.7 Å². The van der Waals surface area contributed by atoms with Gasteiger partial charge in [0.15, 0.2) is 0 Å². The van der Waals surface area contributed by atoms with E-state index in [0.29, 0.717) is 6.04 Å². The highest BCUT2D eigenvalue weighted by molar-refractivity contribution is 5.83. The van der Waals surface area contributed by atoms with Gasteiger partial charge in [-0.05, 0) is 58.8 Å².